The third kappa shape index (κ3) is 5.73. The Morgan fingerprint density at radius 3 is 2.65 bits per heavy atom. The highest BCUT2D eigenvalue weighted by atomic mass is 35.5. The molecule has 8 nitrogen and oxygen atoms in total. The van der Waals surface area contributed by atoms with Crippen LogP contribution in [0.15, 0.2) is 41.4 Å². The number of nitrogens with zero attached hydrogens (tertiary/aromatic N) is 2. The maximum atomic E-state index is 13.3. The number of nitrogens with one attached hydrogen (secondary N) is 1. The number of ether oxygens (including phenoxy) is 1. The summed E-state index contributed by atoms with van der Waals surface area (Å²) in [4.78, 5) is 19.3. The lowest BCUT2D eigenvalue weighted by Crippen LogP contribution is -2.43. The molecule has 2 atom stereocenters. The van der Waals surface area contributed by atoms with Gasteiger partial charge in [0.2, 0.25) is 0 Å². The van der Waals surface area contributed by atoms with Gasteiger partial charge in [0.15, 0.2) is 10.6 Å². The van der Waals surface area contributed by atoms with Gasteiger partial charge in [-0.2, -0.15) is 8.42 Å². The zero-order valence-electron chi connectivity index (χ0n) is 21.2. The SMILES string of the molecule is CC1(C)CCCC(c2ccc(Cl)cc2OC2(C(=O)NS(=O)(=O)c3cccc(N4CC[C@H](O)C4)n3)CC2)C1. The van der Waals surface area contributed by atoms with E-state index < -0.39 is 27.6 Å². The van der Waals surface area contributed by atoms with Crippen molar-refractivity contribution in [3.8, 4) is 5.75 Å². The van der Waals surface area contributed by atoms with Crippen LogP contribution in [-0.4, -0.2) is 49.2 Å². The number of hydrogen-bond acceptors (Lipinski definition) is 7. The van der Waals surface area contributed by atoms with E-state index in [1.54, 1.807) is 18.2 Å². The van der Waals surface area contributed by atoms with Gasteiger partial charge in [-0.15, -0.1) is 0 Å². The van der Waals surface area contributed by atoms with Gasteiger partial charge in [-0.3, -0.25) is 4.79 Å². The van der Waals surface area contributed by atoms with E-state index in [-0.39, 0.29) is 16.4 Å². The standard InChI is InChI=1S/C27H34ClN3O5S/c1-26(2)11-4-5-18(16-26)21-9-8-19(28)15-22(21)36-27(12-13-27)25(33)30-37(34,35)24-7-3-6-23(29-24)31-14-10-20(32)17-31/h3,6-9,15,18,20,32H,4-5,10-14,16-17H2,1-2H3,(H,30,33)/t18?,20-/m0/s1. The second kappa shape index (κ2) is 9.75. The molecule has 3 aliphatic rings. The molecule has 1 saturated heterocycles. The average molecular weight is 548 g/mol. The number of carbonyl (C=O) groups excluding carboxylic acids is 1. The molecule has 1 amide bonds. The first kappa shape index (κ1) is 26.3. The molecule has 1 aliphatic heterocycles. The maximum absolute atomic E-state index is 13.3. The summed E-state index contributed by atoms with van der Waals surface area (Å²) in [6.45, 7) is 5.51. The minimum absolute atomic E-state index is 0.219. The average Bonchev–Trinajstić information content (AvgIpc) is 3.49. The first-order chi connectivity index (χ1) is 17.5. The quantitative estimate of drug-likeness (QED) is 0.528. The Kier molecular flexibility index (Phi) is 6.92. The van der Waals surface area contributed by atoms with Crippen molar-refractivity contribution in [3.63, 3.8) is 0 Å². The summed E-state index contributed by atoms with van der Waals surface area (Å²) < 4.78 is 34.7. The molecule has 200 valence electrons. The number of hydrogen-bond donors (Lipinski definition) is 2. The van der Waals surface area contributed by atoms with Crippen LogP contribution in [0.3, 0.4) is 0 Å². The van der Waals surface area contributed by atoms with Crippen LogP contribution in [0.2, 0.25) is 5.02 Å². The number of aromatic nitrogens is 1. The first-order valence-electron chi connectivity index (χ1n) is 12.9. The van der Waals surface area contributed by atoms with Crippen LogP contribution in [0.1, 0.15) is 70.3 Å². The molecule has 37 heavy (non-hydrogen) atoms. The Bertz CT molecular complexity index is 1290. The number of aliphatic hydroxyl groups excluding tert-OH is 1. The number of anilines is 1. The predicted molar refractivity (Wildman–Crippen MR) is 141 cm³/mol. The van der Waals surface area contributed by atoms with Crippen LogP contribution in [0, 0.1) is 5.41 Å². The zero-order valence-corrected chi connectivity index (χ0v) is 22.8. The fourth-order valence-corrected chi connectivity index (χ4v) is 6.71. The summed E-state index contributed by atoms with van der Waals surface area (Å²) in [6, 6.07) is 10.2. The molecule has 5 rings (SSSR count). The van der Waals surface area contributed by atoms with Gasteiger partial charge in [0.25, 0.3) is 15.9 Å². The number of carbonyl (C=O) groups is 1. The van der Waals surface area contributed by atoms with Crippen molar-refractivity contribution in [3.05, 3.63) is 47.0 Å². The van der Waals surface area contributed by atoms with Crippen LogP contribution in [0.4, 0.5) is 5.82 Å². The number of halogens is 1. The molecule has 10 heteroatoms. The van der Waals surface area contributed by atoms with Crippen molar-refractivity contribution >= 4 is 33.3 Å². The number of aliphatic hydroxyl groups is 1. The second-order valence-electron chi connectivity index (χ2n) is 11.4. The van der Waals surface area contributed by atoms with Crippen LogP contribution < -0.4 is 14.4 Å². The normalized spacial score (nSPS) is 24.5. The number of pyridine rings is 1. The van der Waals surface area contributed by atoms with Crippen molar-refractivity contribution in [1.82, 2.24) is 9.71 Å². The summed E-state index contributed by atoms with van der Waals surface area (Å²) in [6.07, 6.45) is 5.28. The van der Waals surface area contributed by atoms with E-state index in [9.17, 15) is 18.3 Å². The summed E-state index contributed by atoms with van der Waals surface area (Å²) in [7, 11) is -4.22. The molecule has 2 heterocycles. The molecule has 1 aromatic carbocycles. The number of benzene rings is 1. The van der Waals surface area contributed by atoms with Crippen molar-refractivity contribution in [2.45, 2.75) is 81.4 Å². The monoisotopic (exact) mass is 547 g/mol. The van der Waals surface area contributed by atoms with Crippen molar-refractivity contribution < 1.29 is 23.1 Å². The molecule has 2 aromatic rings. The summed E-state index contributed by atoms with van der Waals surface area (Å²) in [5.74, 6) is 0.581. The van der Waals surface area contributed by atoms with Crippen molar-refractivity contribution in [2.75, 3.05) is 18.0 Å². The number of amides is 1. The molecule has 0 bridgehead atoms. The van der Waals surface area contributed by atoms with E-state index in [4.69, 9.17) is 16.3 Å². The third-order valence-corrected chi connectivity index (χ3v) is 9.21. The lowest BCUT2D eigenvalue weighted by Gasteiger charge is -2.36. The summed E-state index contributed by atoms with van der Waals surface area (Å²) >= 11 is 6.30. The fourth-order valence-electron chi connectivity index (χ4n) is 5.54. The van der Waals surface area contributed by atoms with Gasteiger partial charge >= 0.3 is 0 Å². The molecule has 0 spiro atoms. The van der Waals surface area contributed by atoms with Crippen molar-refractivity contribution in [1.29, 1.82) is 0 Å². The molecule has 3 fully saturated rings. The largest absolute Gasteiger partial charge is 0.477 e. The van der Waals surface area contributed by atoms with Crippen LogP contribution in [0.5, 0.6) is 5.75 Å². The molecular formula is C27H34ClN3O5S. The highest BCUT2D eigenvalue weighted by Crippen LogP contribution is 2.48. The van der Waals surface area contributed by atoms with Gasteiger partial charge in [0, 0.05) is 31.0 Å². The van der Waals surface area contributed by atoms with Gasteiger partial charge in [-0.1, -0.05) is 44.0 Å². The predicted octanol–water partition coefficient (Wildman–Crippen LogP) is 4.41. The highest BCUT2D eigenvalue weighted by molar-refractivity contribution is 7.90. The topological polar surface area (TPSA) is 109 Å². The zero-order chi connectivity index (χ0) is 26.4. The summed E-state index contributed by atoms with van der Waals surface area (Å²) in [5, 5.41) is 10.1. The maximum Gasteiger partial charge on any atom is 0.281 e. The molecule has 1 aromatic heterocycles. The van der Waals surface area contributed by atoms with E-state index in [0.717, 1.165) is 24.8 Å². The Morgan fingerprint density at radius 2 is 1.97 bits per heavy atom. The van der Waals surface area contributed by atoms with E-state index in [1.165, 1.54) is 12.5 Å². The third-order valence-electron chi connectivity index (χ3n) is 7.74. The molecule has 0 radical (unpaired) electrons. The summed E-state index contributed by atoms with van der Waals surface area (Å²) in [5.41, 5.74) is -0.0220. The van der Waals surface area contributed by atoms with Crippen LogP contribution >= 0.6 is 11.6 Å². The Hall–Kier alpha value is -2.36. The molecular weight excluding hydrogens is 514 g/mol. The van der Waals surface area contributed by atoms with E-state index >= 15 is 0 Å². The number of rotatable bonds is 7. The first-order valence-corrected chi connectivity index (χ1v) is 14.8. The number of β-amino-alcohol motifs (C(OH)–C–C–N with tert-alkyl or cyclic N) is 1. The van der Waals surface area contributed by atoms with E-state index in [2.05, 4.69) is 23.6 Å². The fraction of sp³-hybridized carbons (Fsp3) is 0.556. The minimum atomic E-state index is -4.22. The number of sulfonamides is 1. The van der Waals surface area contributed by atoms with Crippen LogP contribution in [0.25, 0.3) is 0 Å². The Morgan fingerprint density at radius 1 is 1.19 bits per heavy atom. The molecule has 2 saturated carbocycles. The van der Waals surface area contributed by atoms with Gasteiger partial charge < -0.3 is 14.7 Å². The highest BCUT2D eigenvalue weighted by Gasteiger charge is 2.54. The second-order valence-corrected chi connectivity index (χ2v) is 13.5. The molecule has 2 N–H and O–H groups in total. The van der Waals surface area contributed by atoms with Crippen LogP contribution in [-0.2, 0) is 14.8 Å². The van der Waals surface area contributed by atoms with Gasteiger partial charge in [-0.05, 0) is 66.8 Å². The van der Waals surface area contributed by atoms with Gasteiger partial charge in [-0.25, -0.2) is 9.71 Å². The molecule has 2 aliphatic carbocycles. The lowest BCUT2D eigenvalue weighted by atomic mass is 9.70. The minimum Gasteiger partial charge on any atom is -0.477 e. The van der Waals surface area contributed by atoms with E-state index in [1.807, 2.05) is 17.0 Å². The van der Waals surface area contributed by atoms with Gasteiger partial charge in [0.05, 0.1) is 6.10 Å². The van der Waals surface area contributed by atoms with Gasteiger partial charge in [0.1, 0.15) is 11.6 Å². The molecule has 1 unspecified atom stereocenters. The Balaban J connectivity index is 1.34. The smallest absolute Gasteiger partial charge is 0.281 e. The Labute approximate surface area is 223 Å². The lowest BCUT2D eigenvalue weighted by molar-refractivity contribution is -0.128. The van der Waals surface area contributed by atoms with Crippen molar-refractivity contribution in [2.24, 2.45) is 5.41 Å². The van der Waals surface area contributed by atoms with E-state index in [0.29, 0.717) is 48.9 Å².